The third-order valence-corrected chi connectivity index (χ3v) is 2.70. The lowest BCUT2D eigenvalue weighted by atomic mass is 10.6. The van der Waals surface area contributed by atoms with E-state index < -0.39 is 0 Å². The van der Waals surface area contributed by atoms with Crippen LogP contribution in [0.1, 0.15) is 13.3 Å². The van der Waals surface area contributed by atoms with Crippen molar-refractivity contribution in [2.24, 2.45) is 0 Å². The fourth-order valence-electron chi connectivity index (χ4n) is 0.811. The summed E-state index contributed by atoms with van der Waals surface area (Å²) in [6.07, 6.45) is 1.19. The predicted molar refractivity (Wildman–Crippen MR) is 60.3 cm³/mol. The summed E-state index contributed by atoms with van der Waals surface area (Å²) < 4.78 is 20.7. The molecule has 4 nitrogen and oxygen atoms in total. The molecule has 0 aliphatic heterocycles. The van der Waals surface area contributed by atoms with E-state index in [1.165, 1.54) is 6.42 Å². The van der Waals surface area contributed by atoms with Crippen molar-refractivity contribution >= 4 is 9.76 Å². The number of ether oxygens (including phenoxy) is 3. The molecular formula is C10H22O4Si. The maximum absolute atomic E-state index is 5.36. The van der Waals surface area contributed by atoms with E-state index in [0.29, 0.717) is 49.4 Å². The minimum atomic E-state index is 0.617. The molecule has 0 bridgehead atoms. The minimum Gasteiger partial charge on any atom is -0.415 e. The van der Waals surface area contributed by atoms with E-state index in [0.717, 1.165) is 6.04 Å². The van der Waals surface area contributed by atoms with Gasteiger partial charge < -0.3 is 18.6 Å². The third-order valence-electron chi connectivity index (χ3n) is 1.59. The van der Waals surface area contributed by atoms with Gasteiger partial charge >= 0.3 is 0 Å². The Balaban J connectivity index is 2.81. The van der Waals surface area contributed by atoms with Crippen LogP contribution in [0.15, 0.2) is 0 Å². The van der Waals surface area contributed by atoms with Gasteiger partial charge in [-0.3, -0.25) is 0 Å². The van der Waals surface area contributed by atoms with Crippen molar-refractivity contribution in [1.29, 1.82) is 0 Å². The summed E-state index contributed by atoms with van der Waals surface area (Å²) in [5.74, 6) is 0. The van der Waals surface area contributed by atoms with Crippen LogP contribution in [0.4, 0.5) is 0 Å². The molecule has 0 aliphatic rings. The van der Waals surface area contributed by atoms with Crippen LogP contribution in [0.2, 0.25) is 6.04 Å². The largest absolute Gasteiger partial charge is 0.415 e. The Labute approximate surface area is 95.2 Å². The van der Waals surface area contributed by atoms with Crippen molar-refractivity contribution in [3.8, 4) is 0 Å². The van der Waals surface area contributed by atoms with E-state index in [-0.39, 0.29) is 0 Å². The number of hydrogen-bond acceptors (Lipinski definition) is 4. The molecule has 2 radical (unpaired) electrons. The molecule has 0 fully saturated rings. The first-order chi connectivity index (χ1) is 7.41. The van der Waals surface area contributed by atoms with Crippen molar-refractivity contribution in [3.05, 3.63) is 0 Å². The van der Waals surface area contributed by atoms with E-state index >= 15 is 0 Å². The molecule has 0 saturated heterocycles. The van der Waals surface area contributed by atoms with Gasteiger partial charge in [0.2, 0.25) is 9.76 Å². The Morgan fingerprint density at radius 3 is 2.07 bits per heavy atom. The maximum Gasteiger partial charge on any atom is 0.229 e. The summed E-state index contributed by atoms with van der Waals surface area (Å²) in [4.78, 5) is 0. The van der Waals surface area contributed by atoms with Gasteiger partial charge in [0.1, 0.15) is 0 Å². The summed E-state index contributed by atoms with van der Waals surface area (Å²) in [5.41, 5.74) is 0. The highest BCUT2D eigenvalue weighted by Crippen LogP contribution is 1.87. The molecule has 0 aliphatic carbocycles. The molecule has 0 aromatic rings. The fourth-order valence-corrected chi connectivity index (χ4v) is 1.39. The lowest BCUT2D eigenvalue weighted by Crippen LogP contribution is -2.12. The first-order valence-corrected chi connectivity index (χ1v) is 6.52. The van der Waals surface area contributed by atoms with Crippen molar-refractivity contribution in [2.75, 3.05) is 46.8 Å². The van der Waals surface area contributed by atoms with Crippen LogP contribution in [-0.4, -0.2) is 56.5 Å². The molecule has 15 heavy (non-hydrogen) atoms. The zero-order valence-electron chi connectivity index (χ0n) is 9.79. The lowest BCUT2D eigenvalue weighted by molar-refractivity contribution is 0.0181. The molecule has 0 aromatic carbocycles. The Morgan fingerprint density at radius 1 is 0.867 bits per heavy atom. The van der Waals surface area contributed by atoms with Gasteiger partial charge in [-0.2, -0.15) is 0 Å². The van der Waals surface area contributed by atoms with Gasteiger partial charge in [-0.25, -0.2) is 0 Å². The molecule has 0 rings (SSSR count). The summed E-state index contributed by atoms with van der Waals surface area (Å²) in [5, 5.41) is 0. The van der Waals surface area contributed by atoms with Gasteiger partial charge in [0.25, 0.3) is 0 Å². The smallest absolute Gasteiger partial charge is 0.229 e. The van der Waals surface area contributed by atoms with Crippen LogP contribution in [0.5, 0.6) is 0 Å². The highest BCUT2D eigenvalue weighted by Gasteiger charge is 1.92. The number of methoxy groups -OCH3 is 1. The van der Waals surface area contributed by atoms with Crippen LogP contribution in [0.3, 0.4) is 0 Å². The lowest BCUT2D eigenvalue weighted by Gasteiger charge is -2.05. The van der Waals surface area contributed by atoms with Gasteiger partial charge in [-0.05, 0) is 6.04 Å². The van der Waals surface area contributed by atoms with Crippen LogP contribution < -0.4 is 0 Å². The number of hydrogen-bond donors (Lipinski definition) is 0. The first-order valence-electron chi connectivity index (χ1n) is 5.41. The van der Waals surface area contributed by atoms with Gasteiger partial charge in [0.15, 0.2) is 0 Å². The van der Waals surface area contributed by atoms with Gasteiger partial charge in [0.05, 0.1) is 39.6 Å². The zero-order valence-corrected chi connectivity index (χ0v) is 10.8. The SMILES string of the molecule is CCC[Si]OCCOCCOCCOC. The first kappa shape index (κ1) is 15.1. The fraction of sp³-hybridized carbons (Fsp3) is 1.00. The Bertz CT molecular complexity index is 102. The standard InChI is InChI=1S/C10H22O4Si/c1-3-10-15-14-9-8-13-7-6-12-5-4-11-2/h3-10H2,1-2H3. The van der Waals surface area contributed by atoms with E-state index in [2.05, 4.69) is 6.92 Å². The Morgan fingerprint density at radius 2 is 1.47 bits per heavy atom. The minimum absolute atomic E-state index is 0.617. The quantitative estimate of drug-likeness (QED) is 0.375. The molecule has 0 unspecified atom stereocenters. The van der Waals surface area contributed by atoms with E-state index in [9.17, 15) is 0 Å². The topological polar surface area (TPSA) is 36.9 Å². The predicted octanol–water partition coefficient (Wildman–Crippen LogP) is 1.13. The van der Waals surface area contributed by atoms with Gasteiger partial charge in [-0.1, -0.05) is 13.3 Å². The van der Waals surface area contributed by atoms with Crippen molar-refractivity contribution in [1.82, 2.24) is 0 Å². The molecule has 90 valence electrons. The van der Waals surface area contributed by atoms with E-state index in [4.69, 9.17) is 18.6 Å². The second-order valence-corrected chi connectivity index (χ2v) is 4.04. The summed E-state index contributed by atoms with van der Waals surface area (Å²) >= 11 is 0. The van der Waals surface area contributed by atoms with E-state index in [1.54, 1.807) is 7.11 Å². The molecule has 0 atom stereocenters. The molecule has 0 spiro atoms. The van der Waals surface area contributed by atoms with Gasteiger partial charge in [-0.15, -0.1) is 0 Å². The molecule has 0 saturated carbocycles. The summed E-state index contributed by atoms with van der Waals surface area (Å²) in [7, 11) is 2.28. The third kappa shape index (κ3) is 14.1. The summed E-state index contributed by atoms with van der Waals surface area (Å²) in [6, 6.07) is 1.15. The molecule has 0 N–H and O–H groups in total. The monoisotopic (exact) mass is 234 g/mol. The zero-order chi connectivity index (χ0) is 11.2. The normalized spacial score (nSPS) is 10.8. The second kappa shape index (κ2) is 14.1. The molecule has 0 heterocycles. The average molecular weight is 234 g/mol. The van der Waals surface area contributed by atoms with E-state index in [1.807, 2.05) is 0 Å². The van der Waals surface area contributed by atoms with Crippen molar-refractivity contribution < 1.29 is 18.6 Å². The maximum atomic E-state index is 5.36. The number of rotatable bonds is 12. The van der Waals surface area contributed by atoms with Crippen molar-refractivity contribution in [2.45, 2.75) is 19.4 Å². The summed E-state index contributed by atoms with van der Waals surface area (Å²) in [6.45, 7) is 6.03. The van der Waals surface area contributed by atoms with Crippen LogP contribution in [0.25, 0.3) is 0 Å². The average Bonchev–Trinajstić information content (AvgIpc) is 2.26. The Hall–Kier alpha value is 0.0569. The highest BCUT2D eigenvalue weighted by molar-refractivity contribution is 6.26. The van der Waals surface area contributed by atoms with Crippen LogP contribution >= 0.6 is 0 Å². The Kier molecular flexibility index (Phi) is 14.1. The van der Waals surface area contributed by atoms with Crippen molar-refractivity contribution in [3.63, 3.8) is 0 Å². The van der Waals surface area contributed by atoms with Crippen LogP contribution in [0, 0.1) is 0 Å². The highest BCUT2D eigenvalue weighted by atomic mass is 28.2. The molecule has 0 aromatic heterocycles. The molecule has 0 amide bonds. The van der Waals surface area contributed by atoms with Crippen LogP contribution in [-0.2, 0) is 18.6 Å². The second-order valence-electron chi connectivity index (χ2n) is 2.96. The molecule has 5 heteroatoms. The van der Waals surface area contributed by atoms with Gasteiger partial charge in [0, 0.05) is 7.11 Å². The molecular weight excluding hydrogens is 212 g/mol.